The van der Waals surface area contributed by atoms with Crippen LogP contribution in [0.5, 0.6) is 11.5 Å². The van der Waals surface area contributed by atoms with Gasteiger partial charge in [0.25, 0.3) is 0 Å². The van der Waals surface area contributed by atoms with Crippen LogP contribution >= 0.6 is 0 Å². The lowest BCUT2D eigenvalue weighted by Crippen LogP contribution is -2.32. The molecule has 0 spiro atoms. The van der Waals surface area contributed by atoms with Gasteiger partial charge in [-0.3, -0.25) is 4.79 Å². The third-order valence-corrected chi connectivity index (χ3v) is 2.96. The lowest BCUT2D eigenvalue weighted by molar-refractivity contribution is -0.152. The topological polar surface area (TPSA) is 56.8 Å². The SMILES string of the molecule is CNCc1cccc(OC)c1OCC(C)(C)C(=O)OC. The van der Waals surface area contributed by atoms with Crippen LogP contribution in [-0.2, 0) is 16.1 Å². The second kappa shape index (κ2) is 7.14. The predicted molar refractivity (Wildman–Crippen MR) is 77.0 cm³/mol. The van der Waals surface area contributed by atoms with Gasteiger partial charge in [0.15, 0.2) is 11.5 Å². The number of para-hydroxylation sites is 1. The summed E-state index contributed by atoms with van der Waals surface area (Å²) < 4.78 is 15.9. The fraction of sp³-hybridized carbons (Fsp3) is 0.533. The van der Waals surface area contributed by atoms with Gasteiger partial charge in [0, 0.05) is 12.1 Å². The Bertz CT molecular complexity index is 457. The Kier molecular flexibility index (Phi) is 5.82. The standard InChI is InChI=1S/C15H23NO4/c1-15(2,14(17)19-5)10-20-13-11(9-16-3)7-6-8-12(13)18-4/h6-8,16H,9-10H2,1-5H3. The van der Waals surface area contributed by atoms with Crippen LogP contribution in [0.25, 0.3) is 0 Å². The van der Waals surface area contributed by atoms with Crippen molar-refractivity contribution in [2.24, 2.45) is 5.41 Å². The number of nitrogens with one attached hydrogen (secondary N) is 1. The van der Waals surface area contributed by atoms with Crippen LogP contribution in [0.15, 0.2) is 18.2 Å². The van der Waals surface area contributed by atoms with E-state index in [1.807, 2.05) is 25.2 Å². The molecule has 0 atom stereocenters. The van der Waals surface area contributed by atoms with Crippen LogP contribution in [-0.4, -0.2) is 33.8 Å². The van der Waals surface area contributed by atoms with E-state index in [9.17, 15) is 4.79 Å². The van der Waals surface area contributed by atoms with E-state index < -0.39 is 5.41 Å². The Labute approximate surface area is 120 Å². The van der Waals surface area contributed by atoms with Gasteiger partial charge in [-0.1, -0.05) is 12.1 Å². The minimum Gasteiger partial charge on any atom is -0.493 e. The van der Waals surface area contributed by atoms with Gasteiger partial charge in [-0.15, -0.1) is 0 Å². The number of carbonyl (C=O) groups is 1. The average Bonchev–Trinajstić information content (AvgIpc) is 2.44. The highest BCUT2D eigenvalue weighted by atomic mass is 16.5. The normalized spacial score (nSPS) is 11.1. The van der Waals surface area contributed by atoms with Crippen LogP contribution in [0.1, 0.15) is 19.4 Å². The molecular weight excluding hydrogens is 258 g/mol. The summed E-state index contributed by atoms with van der Waals surface area (Å²) in [6, 6.07) is 5.70. The minimum absolute atomic E-state index is 0.219. The lowest BCUT2D eigenvalue weighted by atomic mass is 9.95. The molecule has 0 aliphatic heterocycles. The third-order valence-electron chi connectivity index (χ3n) is 2.96. The summed E-state index contributed by atoms with van der Waals surface area (Å²) in [4.78, 5) is 11.7. The second-order valence-corrected chi connectivity index (χ2v) is 5.14. The second-order valence-electron chi connectivity index (χ2n) is 5.14. The van der Waals surface area contributed by atoms with Gasteiger partial charge in [0.2, 0.25) is 0 Å². The largest absolute Gasteiger partial charge is 0.493 e. The van der Waals surface area contributed by atoms with Gasteiger partial charge in [-0.05, 0) is 27.0 Å². The number of rotatable bonds is 7. The molecule has 0 saturated heterocycles. The highest BCUT2D eigenvalue weighted by Crippen LogP contribution is 2.32. The van der Waals surface area contributed by atoms with Crippen molar-refractivity contribution in [3.63, 3.8) is 0 Å². The molecule has 20 heavy (non-hydrogen) atoms. The van der Waals surface area contributed by atoms with Gasteiger partial charge in [-0.2, -0.15) is 0 Å². The molecule has 0 aliphatic carbocycles. The molecule has 1 rings (SSSR count). The first-order chi connectivity index (χ1) is 9.46. The molecule has 0 unspecified atom stereocenters. The molecule has 0 fully saturated rings. The zero-order valence-electron chi connectivity index (χ0n) is 12.8. The van der Waals surface area contributed by atoms with Gasteiger partial charge in [0.05, 0.1) is 19.6 Å². The quantitative estimate of drug-likeness (QED) is 0.775. The monoisotopic (exact) mass is 281 g/mol. The molecule has 1 aromatic rings. The summed E-state index contributed by atoms with van der Waals surface area (Å²) in [7, 11) is 4.83. The summed E-state index contributed by atoms with van der Waals surface area (Å²) in [5.41, 5.74) is 0.263. The molecule has 0 aliphatic rings. The molecule has 5 nitrogen and oxygen atoms in total. The van der Waals surface area contributed by atoms with E-state index in [4.69, 9.17) is 14.2 Å². The Hall–Kier alpha value is -1.75. The van der Waals surface area contributed by atoms with E-state index in [2.05, 4.69) is 5.32 Å². The summed E-state index contributed by atoms with van der Waals surface area (Å²) in [6.45, 7) is 4.44. The molecule has 0 bridgehead atoms. The first-order valence-electron chi connectivity index (χ1n) is 6.48. The molecule has 0 amide bonds. The smallest absolute Gasteiger partial charge is 0.314 e. The molecule has 1 N–H and O–H groups in total. The molecule has 0 aromatic heterocycles. The molecule has 0 heterocycles. The zero-order chi connectivity index (χ0) is 15.2. The fourth-order valence-electron chi connectivity index (χ4n) is 1.80. The van der Waals surface area contributed by atoms with E-state index in [0.29, 0.717) is 18.0 Å². The van der Waals surface area contributed by atoms with Crippen molar-refractivity contribution in [1.82, 2.24) is 5.32 Å². The van der Waals surface area contributed by atoms with E-state index in [-0.39, 0.29) is 12.6 Å². The number of hydrogen-bond donors (Lipinski definition) is 1. The van der Waals surface area contributed by atoms with Crippen molar-refractivity contribution in [1.29, 1.82) is 0 Å². The van der Waals surface area contributed by atoms with Gasteiger partial charge in [-0.25, -0.2) is 0 Å². The van der Waals surface area contributed by atoms with Crippen LogP contribution in [0.4, 0.5) is 0 Å². The summed E-state index contributed by atoms with van der Waals surface area (Å²) >= 11 is 0. The number of carbonyl (C=O) groups excluding carboxylic acids is 1. The van der Waals surface area contributed by atoms with Crippen molar-refractivity contribution >= 4 is 5.97 Å². The molecule has 1 aromatic carbocycles. The van der Waals surface area contributed by atoms with Crippen molar-refractivity contribution < 1.29 is 19.0 Å². The highest BCUT2D eigenvalue weighted by Gasteiger charge is 2.30. The zero-order valence-corrected chi connectivity index (χ0v) is 12.8. The number of hydrogen-bond acceptors (Lipinski definition) is 5. The molecule has 0 radical (unpaired) electrons. The van der Waals surface area contributed by atoms with Crippen LogP contribution in [0.2, 0.25) is 0 Å². The number of methoxy groups -OCH3 is 2. The predicted octanol–water partition coefficient (Wildman–Crippen LogP) is 1.99. The van der Waals surface area contributed by atoms with Crippen LogP contribution in [0.3, 0.4) is 0 Å². The number of ether oxygens (including phenoxy) is 3. The third kappa shape index (κ3) is 3.87. The molecular formula is C15H23NO4. The summed E-state index contributed by atoms with van der Waals surface area (Å²) in [6.07, 6.45) is 0. The molecule has 112 valence electrons. The van der Waals surface area contributed by atoms with Gasteiger partial charge in [0.1, 0.15) is 6.61 Å². The Morgan fingerprint density at radius 2 is 2.00 bits per heavy atom. The summed E-state index contributed by atoms with van der Waals surface area (Å²) in [5, 5.41) is 3.08. The first kappa shape index (κ1) is 16.3. The van der Waals surface area contributed by atoms with Crippen molar-refractivity contribution in [2.75, 3.05) is 27.9 Å². The van der Waals surface area contributed by atoms with E-state index in [1.165, 1.54) is 7.11 Å². The van der Waals surface area contributed by atoms with E-state index in [1.54, 1.807) is 21.0 Å². The van der Waals surface area contributed by atoms with Crippen molar-refractivity contribution in [3.8, 4) is 11.5 Å². The minimum atomic E-state index is -0.716. The summed E-state index contributed by atoms with van der Waals surface area (Å²) in [5.74, 6) is 1.00. The highest BCUT2D eigenvalue weighted by molar-refractivity contribution is 5.75. The number of benzene rings is 1. The fourth-order valence-corrected chi connectivity index (χ4v) is 1.80. The number of esters is 1. The van der Waals surface area contributed by atoms with Gasteiger partial charge < -0.3 is 19.5 Å². The Balaban J connectivity index is 2.93. The Morgan fingerprint density at radius 1 is 1.30 bits per heavy atom. The van der Waals surface area contributed by atoms with Crippen molar-refractivity contribution in [3.05, 3.63) is 23.8 Å². The van der Waals surface area contributed by atoms with Crippen molar-refractivity contribution in [2.45, 2.75) is 20.4 Å². The maximum atomic E-state index is 11.7. The van der Waals surface area contributed by atoms with Crippen LogP contribution in [0, 0.1) is 5.41 Å². The Morgan fingerprint density at radius 3 is 2.55 bits per heavy atom. The first-order valence-corrected chi connectivity index (χ1v) is 6.48. The van der Waals surface area contributed by atoms with E-state index in [0.717, 1.165) is 5.56 Å². The van der Waals surface area contributed by atoms with Crippen LogP contribution < -0.4 is 14.8 Å². The maximum absolute atomic E-state index is 11.7. The maximum Gasteiger partial charge on any atom is 0.314 e. The van der Waals surface area contributed by atoms with E-state index >= 15 is 0 Å². The molecule has 0 saturated carbocycles. The average molecular weight is 281 g/mol. The van der Waals surface area contributed by atoms with Gasteiger partial charge >= 0.3 is 5.97 Å². The molecule has 5 heteroatoms. The lowest BCUT2D eigenvalue weighted by Gasteiger charge is -2.23.